The van der Waals surface area contributed by atoms with Crippen LogP contribution >= 0.6 is 24.0 Å². The van der Waals surface area contributed by atoms with E-state index >= 15 is 0 Å². The molecule has 0 radical (unpaired) electrons. The predicted molar refractivity (Wildman–Crippen MR) is 82.9 cm³/mol. The Morgan fingerprint density at radius 3 is 2.65 bits per heavy atom. The zero-order valence-electron chi connectivity index (χ0n) is 11.0. The Kier molecular flexibility index (Phi) is 5.37. The average molecular weight is 388 g/mol. The van der Waals surface area contributed by atoms with Gasteiger partial charge in [0.2, 0.25) is 6.20 Å². The summed E-state index contributed by atoms with van der Waals surface area (Å²) >= 11 is 0. The molecule has 106 valence electrons. The number of rotatable bonds is 3. The highest BCUT2D eigenvalue weighted by molar-refractivity contribution is 14.0. The number of hydrogen-bond acceptors (Lipinski definition) is 3. The van der Waals surface area contributed by atoms with Crippen LogP contribution in [0.3, 0.4) is 0 Å². The Bertz CT molecular complexity index is 660. The third kappa shape index (κ3) is 3.41. The number of carboxylic acid groups (broad SMARTS) is 1. The number of carboxylic acids is 1. The fourth-order valence-electron chi connectivity index (χ4n) is 1.76. The number of nitrogens with zero attached hydrogens (tertiary/aromatic N) is 2. The number of amides is 1. The second-order valence-electron chi connectivity index (χ2n) is 4.27. The van der Waals surface area contributed by atoms with E-state index in [1.807, 2.05) is 6.07 Å². The number of halogens is 1. The van der Waals surface area contributed by atoms with Crippen molar-refractivity contribution in [3.8, 4) is 0 Å². The molecule has 2 aromatic rings. The van der Waals surface area contributed by atoms with Gasteiger partial charge in [-0.25, -0.2) is 0 Å². The maximum Gasteiger partial charge on any atom is 0.325 e. The van der Waals surface area contributed by atoms with Crippen LogP contribution in [0.5, 0.6) is 0 Å². The highest BCUT2D eigenvalue weighted by Crippen LogP contribution is 2.14. The summed E-state index contributed by atoms with van der Waals surface area (Å²) in [5.74, 6) is -1.50. The molecule has 2 N–H and O–H groups in total. The van der Waals surface area contributed by atoms with Gasteiger partial charge in [0.05, 0.1) is 0 Å². The molecule has 0 aliphatic carbocycles. The van der Waals surface area contributed by atoms with Gasteiger partial charge >= 0.3 is 5.97 Å². The van der Waals surface area contributed by atoms with Crippen molar-refractivity contribution < 1.29 is 19.4 Å². The lowest BCUT2D eigenvalue weighted by molar-refractivity contribution is -0.728. The van der Waals surface area contributed by atoms with Crippen LogP contribution in [0.4, 0.5) is 0 Å². The molecule has 0 aliphatic rings. The van der Waals surface area contributed by atoms with E-state index in [9.17, 15) is 9.59 Å². The van der Waals surface area contributed by atoms with Crippen molar-refractivity contribution in [3.05, 3.63) is 36.0 Å². The van der Waals surface area contributed by atoms with E-state index in [1.54, 1.807) is 31.4 Å². The molecule has 1 aromatic heterocycles. The molecule has 1 heterocycles. The molecule has 1 amide bonds. The van der Waals surface area contributed by atoms with E-state index in [2.05, 4.69) is 10.4 Å². The SMILES string of the molecule is C[C@@H](NC(=O)c1c[n+](C)nc2ccccc12)C(=O)O.I. The molecule has 1 atom stereocenters. The summed E-state index contributed by atoms with van der Waals surface area (Å²) in [7, 11) is 1.71. The number of hydrogen-bond donors (Lipinski definition) is 2. The minimum absolute atomic E-state index is 0. The molecule has 0 spiro atoms. The Morgan fingerprint density at radius 1 is 1.35 bits per heavy atom. The fraction of sp³-hybridized carbons (Fsp3) is 0.231. The first-order chi connectivity index (χ1) is 8.99. The molecule has 0 saturated heterocycles. The van der Waals surface area contributed by atoms with E-state index < -0.39 is 17.9 Å². The van der Waals surface area contributed by atoms with Crippen LogP contribution < -0.4 is 10.00 Å². The van der Waals surface area contributed by atoms with Gasteiger partial charge in [0, 0.05) is 5.39 Å². The number of nitrogens with one attached hydrogen (secondary N) is 1. The van der Waals surface area contributed by atoms with Gasteiger partial charge in [-0.05, 0) is 18.1 Å². The number of aromatic nitrogens is 2. The lowest BCUT2D eigenvalue weighted by Crippen LogP contribution is -2.40. The van der Waals surface area contributed by atoms with Gasteiger partial charge < -0.3 is 10.4 Å². The summed E-state index contributed by atoms with van der Waals surface area (Å²) in [6.45, 7) is 1.42. The lowest BCUT2D eigenvalue weighted by atomic mass is 10.1. The molecule has 0 bridgehead atoms. The van der Waals surface area contributed by atoms with Crippen LogP contribution in [-0.4, -0.2) is 28.1 Å². The molecule has 20 heavy (non-hydrogen) atoms. The summed E-state index contributed by atoms with van der Waals surface area (Å²) < 4.78 is 1.53. The smallest absolute Gasteiger partial charge is 0.325 e. The normalized spacial score (nSPS) is 11.5. The number of aryl methyl sites for hydroxylation is 1. The van der Waals surface area contributed by atoms with Gasteiger partial charge in [0.15, 0.2) is 7.05 Å². The molecule has 0 fully saturated rings. The van der Waals surface area contributed by atoms with Crippen molar-refractivity contribution in [1.29, 1.82) is 0 Å². The van der Waals surface area contributed by atoms with E-state index in [0.29, 0.717) is 16.5 Å². The molecule has 0 saturated carbocycles. The van der Waals surface area contributed by atoms with Gasteiger partial charge in [-0.1, -0.05) is 22.9 Å². The van der Waals surface area contributed by atoms with Crippen molar-refractivity contribution in [2.24, 2.45) is 7.05 Å². The number of carbonyl (C=O) groups is 2. The van der Waals surface area contributed by atoms with Crippen LogP contribution in [0.25, 0.3) is 10.9 Å². The number of aliphatic carboxylic acids is 1. The Morgan fingerprint density at radius 2 is 2.00 bits per heavy atom. The zero-order chi connectivity index (χ0) is 14.0. The number of carbonyl (C=O) groups excluding carboxylic acids is 1. The first-order valence-electron chi connectivity index (χ1n) is 5.78. The van der Waals surface area contributed by atoms with Crippen LogP contribution in [0.2, 0.25) is 0 Å². The van der Waals surface area contributed by atoms with Gasteiger partial charge in [-0.2, -0.15) is 0 Å². The van der Waals surface area contributed by atoms with Crippen LogP contribution in [-0.2, 0) is 11.8 Å². The van der Waals surface area contributed by atoms with E-state index in [-0.39, 0.29) is 24.0 Å². The third-order valence-electron chi connectivity index (χ3n) is 2.74. The molecule has 0 aliphatic heterocycles. The van der Waals surface area contributed by atoms with Gasteiger partial charge in [-0.3, -0.25) is 9.59 Å². The highest BCUT2D eigenvalue weighted by Gasteiger charge is 2.20. The Labute approximate surface area is 132 Å². The van der Waals surface area contributed by atoms with Crippen molar-refractivity contribution in [3.63, 3.8) is 0 Å². The predicted octanol–water partition coefficient (Wildman–Crippen LogP) is 0.880. The monoisotopic (exact) mass is 388 g/mol. The minimum Gasteiger partial charge on any atom is -0.480 e. The summed E-state index contributed by atoms with van der Waals surface area (Å²) in [6.07, 6.45) is 1.58. The molecular weight excluding hydrogens is 373 g/mol. The summed E-state index contributed by atoms with van der Waals surface area (Å²) in [4.78, 5) is 22.9. The summed E-state index contributed by atoms with van der Waals surface area (Å²) in [6, 6.07) is 6.28. The summed E-state index contributed by atoms with van der Waals surface area (Å²) in [5.41, 5.74) is 1.09. The van der Waals surface area contributed by atoms with Crippen molar-refractivity contribution in [2.45, 2.75) is 13.0 Å². The maximum atomic E-state index is 12.1. The van der Waals surface area contributed by atoms with Crippen LogP contribution in [0, 0.1) is 0 Å². The van der Waals surface area contributed by atoms with Crippen molar-refractivity contribution in [1.82, 2.24) is 10.4 Å². The molecule has 7 heteroatoms. The topological polar surface area (TPSA) is 83.2 Å². The maximum absolute atomic E-state index is 12.1. The highest BCUT2D eigenvalue weighted by atomic mass is 127. The van der Waals surface area contributed by atoms with E-state index in [4.69, 9.17) is 5.11 Å². The van der Waals surface area contributed by atoms with E-state index in [0.717, 1.165) is 0 Å². The molecule has 0 unspecified atom stereocenters. The summed E-state index contributed by atoms with van der Waals surface area (Å²) in [5, 5.41) is 16.2. The fourth-order valence-corrected chi connectivity index (χ4v) is 1.76. The molecular formula is C13H15IN3O3+. The number of fused-ring (bicyclic) bond motifs is 1. The molecule has 1 aromatic carbocycles. The van der Waals surface area contributed by atoms with Crippen molar-refractivity contribution >= 4 is 46.8 Å². The number of benzene rings is 1. The minimum atomic E-state index is -1.07. The van der Waals surface area contributed by atoms with Gasteiger partial charge in [0.25, 0.3) is 5.91 Å². The quantitative estimate of drug-likeness (QED) is 0.604. The molecule has 2 rings (SSSR count). The molecule has 6 nitrogen and oxygen atoms in total. The van der Waals surface area contributed by atoms with E-state index in [1.165, 1.54) is 11.6 Å². The average Bonchev–Trinajstić information content (AvgIpc) is 2.37. The second kappa shape index (κ2) is 6.60. The van der Waals surface area contributed by atoms with Crippen molar-refractivity contribution in [2.75, 3.05) is 0 Å². The first kappa shape index (κ1) is 16.3. The zero-order valence-corrected chi connectivity index (χ0v) is 13.4. The van der Waals surface area contributed by atoms with Crippen LogP contribution in [0.1, 0.15) is 17.3 Å². The van der Waals surface area contributed by atoms with Gasteiger partial charge in [-0.15, -0.1) is 24.0 Å². The Balaban J connectivity index is 0.00000200. The second-order valence-corrected chi connectivity index (χ2v) is 4.27. The van der Waals surface area contributed by atoms with Crippen LogP contribution in [0.15, 0.2) is 30.5 Å². The van der Waals surface area contributed by atoms with Gasteiger partial charge in [0.1, 0.15) is 17.1 Å². The largest absolute Gasteiger partial charge is 0.480 e. The standard InChI is InChI=1S/C13H13N3O3.HI/c1-8(13(18)19)14-12(17)10-7-16(2)15-11-6-4-3-5-9(10)11;/h3-8H,1-2H3,(H-,14,17,18,19);1H/p+1/t8-;/m1./s1. The lowest BCUT2D eigenvalue weighted by Gasteiger charge is -2.09. The Hall–Kier alpha value is -1.77. The first-order valence-corrected chi connectivity index (χ1v) is 5.78. The third-order valence-corrected chi connectivity index (χ3v) is 2.74.